The van der Waals surface area contributed by atoms with Crippen molar-refractivity contribution in [1.82, 2.24) is 9.62 Å². The van der Waals surface area contributed by atoms with Crippen molar-refractivity contribution in [1.29, 1.82) is 0 Å². The molecule has 1 saturated heterocycles. The van der Waals surface area contributed by atoms with Crippen LogP contribution in [0.15, 0.2) is 52.1 Å². The van der Waals surface area contributed by atoms with Gasteiger partial charge in [0.1, 0.15) is 4.21 Å². The van der Waals surface area contributed by atoms with Crippen LogP contribution in [-0.4, -0.2) is 46.2 Å². The first-order chi connectivity index (χ1) is 11.2. The Kier molecular flexibility index (Phi) is 5.45. The Labute approximate surface area is 140 Å². The van der Waals surface area contributed by atoms with Crippen LogP contribution in [0.3, 0.4) is 0 Å². The van der Waals surface area contributed by atoms with E-state index in [-0.39, 0.29) is 6.04 Å². The molecule has 23 heavy (non-hydrogen) atoms. The summed E-state index contributed by atoms with van der Waals surface area (Å²) in [5, 5.41) is 1.77. The number of hydrogen-bond donors (Lipinski definition) is 1. The van der Waals surface area contributed by atoms with Crippen LogP contribution in [0.1, 0.15) is 11.6 Å². The van der Waals surface area contributed by atoms with Gasteiger partial charge in [-0.15, -0.1) is 11.3 Å². The monoisotopic (exact) mass is 352 g/mol. The quantitative estimate of drug-likeness (QED) is 0.865. The van der Waals surface area contributed by atoms with Crippen LogP contribution in [-0.2, 0) is 14.8 Å². The second-order valence-electron chi connectivity index (χ2n) is 5.36. The maximum Gasteiger partial charge on any atom is 0.250 e. The molecule has 1 N–H and O–H groups in total. The first-order valence-corrected chi connectivity index (χ1v) is 9.93. The Morgan fingerprint density at radius 1 is 1.13 bits per heavy atom. The van der Waals surface area contributed by atoms with Crippen molar-refractivity contribution in [2.45, 2.75) is 10.3 Å². The van der Waals surface area contributed by atoms with Gasteiger partial charge in [0, 0.05) is 25.7 Å². The van der Waals surface area contributed by atoms with Crippen LogP contribution < -0.4 is 4.72 Å². The summed E-state index contributed by atoms with van der Waals surface area (Å²) < 4.78 is 33.3. The van der Waals surface area contributed by atoms with E-state index in [0.717, 1.165) is 18.7 Å². The molecule has 0 amide bonds. The van der Waals surface area contributed by atoms with Gasteiger partial charge in [-0.2, -0.15) is 0 Å². The normalized spacial score (nSPS) is 17.9. The van der Waals surface area contributed by atoms with Crippen LogP contribution in [0.4, 0.5) is 0 Å². The average molecular weight is 352 g/mol. The van der Waals surface area contributed by atoms with E-state index in [2.05, 4.69) is 9.62 Å². The lowest BCUT2D eigenvalue weighted by Crippen LogP contribution is -2.43. The van der Waals surface area contributed by atoms with E-state index in [0.29, 0.717) is 24.0 Å². The third-order valence-electron chi connectivity index (χ3n) is 3.90. The topological polar surface area (TPSA) is 58.6 Å². The number of benzene rings is 1. The number of ether oxygens (including phenoxy) is 1. The highest BCUT2D eigenvalue weighted by molar-refractivity contribution is 7.91. The predicted octanol–water partition coefficient (Wildman–Crippen LogP) is 2.10. The molecule has 1 fully saturated rings. The molecule has 1 aromatic heterocycles. The van der Waals surface area contributed by atoms with E-state index < -0.39 is 10.0 Å². The molecule has 3 rings (SSSR count). The van der Waals surface area contributed by atoms with Gasteiger partial charge in [-0.25, -0.2) is 13.1 Å². The van der Waals surface area contributed by atoms with Crippen LogP contribution >= 0.6 is 11.3 Å². The van der Waals surface area contributed by atoms with Gasteiger partial charge in [-0.1, -0.05) is 36.4 Å². The number of thiophene rings is 1. The van der Waals surface area contributed by atoms with E-state index in [1.54, 1.807) is 17.5 Å². The third kappa shape index (κ3) is 4.19. The molecule has 0 aliphatic carbocycles. The Bertz CT molecular complexity index is 696. The molecule has 2 aromatic rings. The van der Waals surface area contributed by atoms with Crippen molar-refractivity contribution in [3.05, 3.63) is 53.4 Å². The van der Waals surface area contributed by atoms with Gasteiger partial charge in [0.25, 0.3) is 0 Å². The Hall–Kier alpha value is -1.25. The SMILES string of the molecule is O=S(=O)(NC[C@H](c1ccccc1)N1CCOCC1)c1cccs1. The predicted molar refractivity (Wildman–Crippen MR) is 91.1 cm³/mol. The molecule has 124 valence electrons. The fourth-order valence-electron chi connectivity index (χ4n) is 2.70. The Balaban J connectivity index is 1.76. The maximum absolute atomic E-state index is 12.4. The minimum Gasteiger partial charge on any atom is -0.379 e. The molecule has 1 aliphatic heterocycles. The third-order valence-corrected chi connectivity index (χ3v) is 6.72. The van der Waals surface area contributed by atoms with Crippen LogP contribution in [0, 0.1) is 0 Å². The molecule has 5 nitrogen and oxygen atoms in total. The molecule has 0 saturated carbocycles. The lowest BCUT2D eigenvalue weighted by Gasteiger charge is -2.34. The molecule has 7 heteroatoms. The summed E-state index contributed by atoms with van der Waals surface area (Å²) in [5.74, 6) is 0. The van der Waals surface area contributed by atoms with Crippen molar-refractivity contribution in [3.63, 3.8) is 0 Å². The Morgan fingerprint density at radius 2 is 1.87 bits per heavy atom. The number of rotatable bonds is 6. The maximum atomic E-state index is 12.4. The number of nitrogens with zero attached hydrogens (tertiary/aromatic N) is 1. The lowest BCUT2D eigenvalue weighted by atomic mass is 10.1. The van der Waals surface area contributed by atoms with Gasteiger partial charge in [-0.05, 0) is 17.0 Å². The molecule has 1 aliphatic rings. The largest absolute Gasteiger partial charge is 0.379 e. The highest BCUT2D eigenvalue weighted by Gasteiger charge is 2.25. The lowest BCUT2D eigenvalue weighted by molar-refractivity contribution is 0.0172. The molecular weight excluding hydrogens is 332 g/mol. The van der Waals surface area contributed by atoms with Gasteiger partial charge >= 0.3 is 0 Å². The summed E-state index contributed by atoms with van der Waals surface area (Å²) in [7, 11) is -3.45. The fraction of sp³-hybridized carbons (Fsp3) is 0.375. The standard InChI is InChI=1S/C16H20N2O3S2/c19-23(20,16-7-4-12-22-16)17-13-15(14-5-2-1-3-6-14)18-8-10-21-11-9-18/h1-7,12,15,17H,8-11,13H2/t15-/m1/s1. The highest BCUT2D eigenvalue weighted by Crippen LogP contribution is 2.22. The second-order valence-corrected chi connectivity index (χ2v) is 8.30. The van der Waals surface area contributed by atoms with E-state index >= 15 is 0 Å². The number of sulfonamides is 1. The zero-order chi connectivity index (χ0) is 16.1. The van der Waals surface area contributed by atoms with E-state index in [1.165, 1.54) is 11.3 Å². The molecule has 0 unspecified atom stereocenters. The zero-order valence-corrected chi connectivity index (χ0v) is 14.4. The molecule has 1 aromatic carbocycles. The van der Waals surface area contributed by atoms with E-state index in [4.69, 9.17) is 4.74 Å². The summed E-state index contributed by atoms with van der Waals surface area (Å²) in [6.45, 7) is 3.33. The van der Waals surface area contributed by atoms with Gasteiger partial charge in [0.2, 0.25) is 10.0 Å². The fourth-order valence-corrected chi connectivity index (χ4v) is 4.77. The highest BCUT2D eigenvalue weighted by atomic mass is 32.2. The number of nitrogens with one attached hydrogen (secondary N) is 1. The van der Waals surface area contributed by atoms with Crippen LogP contribution in [0.25, 0.3) is 0 Å². The van der Waals surface area contributed by atoms with Crippen LogP contribution in [0.2, 0.25) is 0 Å². The van der Waals surface area contributed by atoms with Crippen molar-refractivity contribution in [3.8, 4) is 0 Å². The van der Waals surface area contributed by atoms with Gasteiger partial charge in [-0.3, -0.25) is 4.90 Å². The zero-order valence-electron chi connectivity index (χ0n) is 12.7. The molecule has 0 bridgehead atoms. The average Bonchev–Trinajstić information content (AvgIpc) is 3.12. The van der Waals surface area contributed by atoms with Crippen molar-refractivity contribution < 1.29 is 13.2 Å². The molecule has 0 spiro atoms. The summed E-state index contributed by atoms with van der Waals surface area (Å²) in [4.78, 5) is 2.27. The van der Waals surface area contributed by atoms with E-state index in [1.807, 2.05) is 30.3 Å². The number of hydrogen-bond acceptors (Lipinski definition) is 5. The van der Waals surface area contributed by atoms with Gasteiger partial charge in [0.15, 0.2) is 0 Å². The van der Waals surface area contributed by atoms with Gasteiger partial charge < -0.3 is 4.74 Å². The first-order valence-electron chi connectivity index (χ1n) is 7.57. The van der Waals surface area contributed by atoms with Crippen molar-refractivity contribution in [2.75, 3.05) is 32.8 Å². The summed E-state index contributed by atoms with van der Waals surface area (Å²) >= 11 is 1.23. The molecule has 0 radical (unpaired) electrons. The Morgan fingerprint density at radius 3 is 2.52 bits per heavy atom. The minimum absolute atomic E-state index is 0.00911. The molecular formula is C16H20N2O3S2. The summed E-state index contributed by atoms with van der Waals surface area (Å²) in [5.41, 5.74) is 1.11. The van der Waals surface area contributed by atoms with Crippen molar-refractivity contribution >= 4 is 21.4 Å². The molecule has 1 atom stereocenters. The second kappa shape index (κ2) is 7.55. The first kappa shape index (κ1) is 16.6. The summed E-state index contributed by atoms with van der Waals surface area (Å²) in [6, 6.07) is 13.4. The minimum atomic E-state index is -3.45. The van der Waals surface area contributed by atoms with E-state index in [9.17, 15) is 8.42 Å². The number of morpholine rings is 1. The molecule has 2 heterocycles. The van der Waals surface area contributed by atoms with Crippen molar-refractivity contribution in [2.24, 2.45) is 0 Å². The smallest absolute Gasteiger partial charge is 0.250 e. The summed E-state index contributed by atoms with van der Waals surface area (Å²) in [6.07, 6.45) is 0. The van der Waals surface area contributed by atoms with Crippen LogP contribution in [0.5, 0.6) is 0 Å². The van der Waals surface area contributed by atoms with Gasteiger partial charge in [0.05, 0.1) is 13.2 Å².